The molecule has 0 atom stereocenters. The molecule has 0 saturated heterocycles. The van der Waals surface area contributed by atoms with E-state index in [-0.39, 0.29) is 11.3 Å². The summed E-state index contributed by atoms with van der Waals surface area (Å²) in [4.78, 5) is 25.1. The van der Waals surface area contributed by atoms with Crippen LogP contribution in [0.15, 0.2) is 164 Å². The van der Waals surface area contributed by atoms with Gasteiger partial charge in [-0.05, 0) is 90.7 Å². The summed E-state index contributed by atoms with van der Waals surface area (Å²) in [5.74, 6) is 0. The van der Waals surface area contributed by atoms with Crippen molar-refractivity contribution in [3.63, 3.8) is 0 Å². The second kappa shape index (κ2) is 12.3. The molecule has 3 heterocycles. The molecule has 3 aromatic heterocycles. The van der Waals surface area contributed by atoms with E-state index in [1.54, 1.807) is 0 Å². The molecule has 0 saturated carbocycles. The summed E-state index contributed by atoms with van der Waals surface area (Å²) >= 11 is 0. The fourth-order valence-corrected chi connectivity index (χ4v) is 7.59. The van der Waals surface area contributed by atoms with E-state index in [0.717, 1.165) is 60.2 Å². The Hall–Kier alpha value is -6.72. The fraction of sp³-hybridized carbons (Fsp3) is 0.0638. The number of aryl methyl sites for hydroxylation is 3. The second-order valence-electron chi connectivity index (χ2n) is 13.3. The summed E-state index contributed by atoms with van der Waals surface area (Å²) in [5, 5.41) is 7.24. The number of para-hydroxylation sites is 1. The van der Waals surface area contributed by atoms with Crippen molar-refractivity contribution in [1.29, 1.82) is 0 Å². The van der Waals surface area contributed by atoms with Crippen LogP contribution in [0, 0.1) is 20.8 Å². The first kappa shape index (κ1) is 31.3. The number of hydrogen-bond acceptors (Lipinski definition) is 4. The largest absolute Gasteiger partial charge is 0.422 e. The van der Waals surface area contributed by atoms with Crippen molar-refractivity contribution in [1.82, 2.24) is 4.57 Å². The SMILES string of the molecule is Cc1ccc(-n2c3ccccc3c3ccc4c5ccccc5c(=O)oc4c32)cc1.Cc1ccccc1-c1ccc2c(oc(=O)c3ccccc32)c1C. The van der Waals surface area contributed by atoms with E-state index >= 15 is 0 Å². The minimum atomic E-state index is -0.304. The highest BCUT2D eigenvalue weighted by molar-refractivity contribution is 6.20. The van der Waals surface area contributed by atoms with Crippen LogP contribution in [0.3, 0.4) is 0 Å². The van der Waals surface area contributed by atoms with Crippen molar-refractivity contribution in [3.8, 4) is 16.8 Å². The van der Waals surface area contributed by atoms with Crippen LogP contribution in [0.4, 0.5) is 0 Å². The highest BCUT2D eigenvalue weighted by atomic mass is 16.4. The van der Waals surface area contributed by atoms with Crippen LogP contribution in [0.2, 0.25) is 0 Å². The summed E-state index contributed by atoms with van der Waals surface area (Å²) < 4.78 is 13.8. The predicted molar refractivity (Wildman–Crippen MR) is 214 cm³/mol. The molecule has 10 aromatic rings. The lowest BCUT2D eigenvalue weighted by Gasteiger charge is -2.12. The zero-order valence-electron chi connectivity index (χ0n) is 28.9. The first-order valence-electron chi connectivity index (χ1n) is 17.3. The molecule has 52 heavy (non-hydrogen) atoms. The number of rotatable bonds is 2. The monoisotopic (exact) mass is 675 g/mol. The lowest BCUT2D eigenvalue weighted by molar-refractivity contribution is 0.567. The van der Waals surface area contributed by atoms with Gasteiger partial charge >= 0.3 is 11.3 Å². The Morgan fingerprint density at radius 1 is 0.423 bits per heavy atom. The maximum Gasteiger partial charge on any atom is 0.344 e. The van der Waals surface area contributed by atoms with Crippen molar-refractivity contribution >= 4 is 65.3 Å². The summed E-state index contributed by atoms with van der Waals surface area (Å²) in [6.07, 6.45) is 0. The highest BCUT2D eigenvalue weighted by Gasteiger charge is 2.18. The van der Waals surface area contributed by atoms with Crippen LogP contribution < -0.4 is 11.3 Å². The van der Waals surface area contributed by atoms with Crippen LogP contribution >= 0.6 is 0 Å². The van der Waals surface area contributed by atoms with Gasteiger partial charge < -0.3 is 13.4 Å². The van der Waals surface area contributed by atoms with Gasteiger partial charge in [-0.15, -0.1) is 0 Å². The molecule has 0 aliphatic rings. The molecule has 0 aliphatic carbocycles. The second-order valence-corrected chi connectivity index (χ2v) is 13.3. The van der Waals surface area contributed by atoms with Crippen molar-refractivity contribution in [3.05, 3.63) is 183 Å². The molecular weight excluding hydrogens is 643 g/mol. The Morgan fingerprint density at radius 2 is 0.942 bits per heavy atom. The molecule has 0 radical (unpaired) electrons. The number of aromatic nitrogens is 1. The third-order valence-corrected chi connectivity index (χ3v) is 10.2. The van der Waals surface area contributed by atoms with Gasteiger partial charge in [-0.25, -0.2) is 9.59 Å². The van der Waals surface area contributed by atoms with E-state index in [2.05, 4.69) is 91.2 Å². The summed E-state index contributed by atoms with van der Waals surface area (Å²) in [5.41, 5.74) is 9.47. The van der Waals surface area contributed by atoms with Crippen LogP contribution in [-0.2, 0) is 0 Å². The van der Waals surface area contributed by atoms with E-state index in [1.165, 1.54) is 16.7 Å². The predicted octanol–water partition coefficient (Wildman–Crippen LogP) is 11.6. The Balaban J connectivity index is 0.000000142. The van der Waals surface area contributed by atoms with E-state index in [4.69, 9.17) is 8.83 Å². The van der Waals surface area contributed by atoms with Crippen LogP contribution in [-0.4, -0.2) is 4.57 Å². The lowest BCUT2D eigenvalue weighted by atomic mass is 9.94. The number of hydrogen-bond donors (Lipinski definition) is 0. The Bertz CT molecular complexity index is 3140. The lowest BCUT2D eigenvalue weighted by Crippen LogP contribution is -2.01. The average Bonchev–Trinajstić information content (AvgIpc) is 3.52. The van der Waals surface area contributed by atoms with Crippen molar-refractivity contribution in [2.75, 3.05) is 0 Å². The third kappa shape index (κ3) is 4.93. The van der Waals surface area contributed by atoms with Crippen molar-refractivity contribution < 1.29 is 8.83 Å². The summed E-state index contributed by atoms with van der Waals surface area (Å²) in [6.45, 7) is 6.19. The Morgan fingerprint density at radius 3 is 1.62 bits per heavy atom. The normalized spacial score (nSPS) is 11.5. The number of benzene rings is 7. The average molecular weight is 676 g/mol. The van der Waals surface area contributed by atoms with Gasteiger partial charge in [-0.3, -0.25) is 0 Å². The first-order valence-corrected chi connectivity index (χ1v) is 17.3. The number of fused-ring (bicyclic) bond motifs is 10. The fourth-order valence-electron chi connectivity index (χ4n) is 7.59. The van der Waals surface area contributed by atoms with E-state index < -0.39 is 0 Å². The zero-order chi connectivity index (χ0) is 35.5. The van der Waals surface area contributed by atoms with Crippen LogP contribution in [0.5, 0.6) is 0 Å². The van der Waals surface area contributed by atoms with E-state index in [9.17, 15) is 9.59 Å². The van der Waals surface area contributed by atoms with E-state index in [0.29, 0.717) is 21.9 Å². The molecule has 5 nitrogen and oxygen atoms in total. The van der Waals surface area contributed by atoms with Gasteiger partial charge in [-0.2, -0.15) is 0 Å². The molecule has 10 rings (SSSR count). The molecule has 0 bridgehead atoms. The molecule has 0 aliphatic heterocycles. The highest BCUT2D eigenvalue weighted by Crippen LogP contribution is 2.38. The van der Waals surface area contributed by atoms with Gasteiger partial charge in [0.2, 0.25) is 0 Å². The summed E-state index contributed by atoms with van der Waals surface area (Å²) in [6, 6.07) is 48.6. The van der Waals surface area contributed by atoms with Gasteiger partial charge in [-0.1, -0.05) is 109 Å². The Labute approximate surface area is 298 Å². The molecule has 250 valence electrons. The number of nitrogens with zero attached hydrogens (tertiary/aromatic N) is 1. The molecule has 0 unspecified atom stereocenters. The molecule has 0 amide bonds. The first-order chi connectivity index (χ1) is 25.4. The minimum absolute atomic E-state index is 0.280. The zero-order valence-corrected chi connectivity index (χ0v) is 28.9. The van der Waals surface area contributed by atoms with E-state index in [1.807, 2.05) is 79.7 Å². The van der Waals surface area contributed by atoms with Gasteiger partial charge in [0.15, 0.2) is 5.58 Å². The minimum Gasteiger partial charge on any atom is -0.422 e. The van der Waals surface area contributed by atoms with Crippen LogP contribution in [0.25, 0.3) is 82.1 Å². The maximum absolute atomic E-state index is 12.8. The smallest absolute Gasteiger partial charge is 0.344 e. The van der Waals surface area contributed by atoms with Gasteiger partial charge in [0.05, 0.1) is 21.8 Å². The molecule has 7 aromatic carbocycles. The molecule has 0 spiro atoms. The molecule has 5 heteroatoms. The molecular formula is C47H33NO4. The van der Waals surface area contributed by atoms with Gasteiger partial charge in [0.1, 0.15) is 5.58 Å². The van der Waals surface area contributed by atoms with Crippen molar-refractivity contribution in [2.24, 2.45) is 0 Å². The van der Waals surface area contributed by atoms with Gasteiger partial charge in [0, 0.05) is 32.8 Å². The maximum atomic E-state index is 12.8. The van der Waals surface area contributed by atoms with Gasteiger partial charge in [0.25, 0.3) is 0 Å². The topological polar surface area (TPSA) is 65.3 Å². The standard InChI is InChI=1S/C26H17NO2.C21H16O2/c1-16-10-12-17(13-11-16)27-23-9-5-4-7-19(23)20-14-15-21-18-6-2-3-8-22(18)26(28)29-25(21)24(20)27;1-13-7-3-4-8-15(13)16-11-12-18-17-9-5-6-10-19(17)21(22)23-20(18)14(16)2/h2-15H,1H3;3-12H,1-2H3. The molecule has 0 N–H and O–H groups in total. The summed E-state index contributed by atoms with van der Waals surface area (Å²) in [7, 11) is 0. The van der Waals surface area contributed by atoms with Crippen LogP contribution in [0.1, 0.15) is 16.7 Å². The third-order valence-electron chi connectivity index (χ3n) is 10.2. The quantitative estimate of drug-likeness (QED) is 0.135. The Kier molecular flexibility index (Phi) is 7.37. The van der Waals surface area contributed by atoms with Crippen molar-refractivity contribution in [2.45, 2.75) is 20.8 Å². The molecule has 0 fully saturated rings.